The third-order valence-corrected chi connectivity index (χ3v) is 6.36. The summed E-state index contributed by atoms with van der Waals surface area (Å²) in [5, 5.41) is 5.62. The van der Waals surface area contributed by atoms with Gasteiger partial charge in [0.15, 0.2) is 5.78 Å². The molecule has 1 aromatic heterocycles. The van der Waals surface area contributed by atoms with Gasteiger partial charge in [0.2, 0.25) is 0 Å². The van der Waals surface area contributed by atoms with Crippen LogP contribution in [0.2, 0.25) is 0 Å². The zero-order valence-corrected chi connectivity index (χ0v) is 18.1. The van der Waals surface area contributed by atoms with E-state index in [9.17, 15) is 4.79 Å². The van der Waals surface area contributed by atoms with Gasteiger partial charge in [0.25, 0.3) is 0 Å². The van der Waals surface area contributed by atoms with Crippen molar-refractivity contribution in [2.75, 3.05) is 44.0 Å². The van der Waals surface area contributed by atoms with Crippen molar-refractivity contribution >= 4 is 22.4 Å². The van der Waals surface area contributed by atoms with Gasteiger partial charge in [0.05, 0.1) is 11.2 Å². The van der Waals surface area contributed by atoms with Crippen LogP contribution in [0, 0.1) is 0 Å². The van der Waals surface area contributed by atoms with E-state index in [0.29, 0.717) is 17.0 Å². The van der Waals surface area contributed by atoms with Gasteiger partial charge in [-0.05, 0) is 89.3 Å². The minimum absolute atomic E-state index is 0.0297. The third-order valence-electron chi connectivity index (χ3n) is 6.36. The largest absolute Gasteiger partial charge is 0.372 e. The zero-order chi connectivity index (χ0) is 21.3. The van der Waals surface area contributed by atoms with Crippen LogP contribution >= 0.6 is 0 Å². The lowest BCUT2D eigenvalue weighted by molar-refractivity contribution is 0.103. The van der Waals surface area contributed by atoms with Crippen LogP contribution in [0.3, 0.4) is 0 Å². The smallest absolute Gasteiger partial charge is 0.193 e. The average molecular weight is 406 g/mol. The fraction of sp³-hybridized carbons (Fsp3) is 0.417. The number of benzene rings is 2. The van der Waals surface area contributed by atoms with E-state index in [2.05, 4.69) is 35.8 Å². The number of carbonyl (C=O) groups excluding carboxylic acids is 1. The minimum Gasteiger partial charge on any atom is -0.372 e. The first-order chi connectivity index (χ1) is 14.5. The molecule has 2 aromatic carbocycles. The van der Waals surface area contributed by atoms with E-state index in [4.69, 9.17) is 5.84 Å². The molecule has 30 heavy (non-hydrogen) atoms. The van der Waals surface area contributed by atoms with Crippen LogP contribution in [0.25, 0.3) is 10.9 Å². The molecule has 1 aliphatic heterocycles. The number of nitrogen functional groups attached to an aromatic ring is 1. The van der Waals surface area contributed by atoms with Crippen LogP contribution in [-0.4, -0.2) is 53.8 Å². The van der Waals surface area contributed by atoms with Crippen molar-refractivity contribution in [3.05, 3.63) is 59.3 Å². The summed E-state index contributed by atoms with van der Waals surface area (Å²) in [6.45, 7) is 8.28. The highest BCUT2D eigenvalue weighted by molar-refractivity contribution is 6.10. The number of rotatable bonds is 6. The lowest BCUT2D eigenvalue weighted by atomic mass is 9.91. The predicted molar refractivity (Wildman–Crippen MR) is 123 cm³/mol. The Kier molecular flexibility index (Phi) is 5.77. The number of anilines is 1. The molecule has 0 radical (unpaired) electrons. The Hall–Kier alpha value is -2.86. The van der Waals surface area contributed by atoms with Crippen molar-refractivity contribution in [3.63, 3.8) is 0 Å². The normalized spacial score (nSPS) is 15.6. The molecular weight excluding hydrogens is 374 g/mol. The average Bonchev–Trinajstić information content (AvgIpc) is 3.11. The fourth-order valence-corrected chi connectivity index (χ4v) is 4.47. The summed E-state index contributed by atoms with van der Waals surface area (Å²) in [4.78, 5) is 19.2. The maximum atomic E-state index is 13.2. The molecule has 6 heteroatoms. The summed E-state index contributed by atoms with van der Waals surface area (Å²) >= 11 is 0. The van der Waals surface area contributed by atoms with E-state index in [0.717, 1.165) is 61.3 Å². The maximum Gasteiger partial charge on any atom is 0.193 e. The number of piperidine rings is 1. The summed E-state index contributed by atoms with van der Waals surface area (Å²) in [6, 6.07) is 13.6. The lowest BCUT2D eigenvalue weighted by Crippen LogP contribution is -2.29. The number of carbonyl (C=O) groups is 1. The topological polar surface area (TPSA) is 67.4 Å². The Bertz CT molecular complexity index is 1030. The Labute approximate surface area is 178 Å². The molecule has 6 nitrogen and oxygen atoms in total. The number of hydrogen-bond donors (Lipinski definition) is 1. The van der Waals surface area contributed by atoms with Gasteiger partial charge in [-0.1, -0.05) is 0 Å². The Morgan fingerprint density at radius 2 is 1.70 bits per heavy atom. The molecule has 2 heterocycles. The summed E-state index contributed by atoms with van der Waals surface area (Å²) < 4.78 is 0. The van der Waals surface area contributed by atoms with Crippen molar-refractivity contribution in [1.82, 2.24) is 14.8 Å². The first-order valence-electron chi connectivity index (χ1n) is 10.9. The van der Waals surface area contributed by atoms with Crippen LogP contribution in [-0.2, 0) is 0 Å². The summed E-state index contributed by atoms with van der Waals surface area (Å²) in [5.74, 6) is 6.54. The molecule has 2 N–H and O–H groups in total. The number of hydrogen-bond acceptors (Lipinski definition) is 5. The lowest BCUT2D eigenvalue weighted by Gasteiger charge is -2.28. The molecule has 4 rings (SSSR count). The van der Waals surface area contributed by atoms with Crippen LogP contribution in [0.15, 0.2) is 42.5 Å². The second kappa shape index (κ2) is 8.48. The molecule has 0 atom stereocenters. The number of ketones is 1. The molecule has 1 aliphatic rings. The second-order valence-electron chi connectivity index (χ2n) is 8.19. The standard InChI is InChI=1S/C24H31N5O/c1-4-28(5-2)20-9-6-18(7-10-20)24(30)19-8-11-22-21(16-19)23(26-29(22)25)17-12-14-27(3)15-13-17/h6-11,16-17H,4-5,12-15,25H2,1-3H3. The van der Waals surface area contributed by atoms with Gasteiger partial charge in [-0.25, -0.2) is 0 Å². The zero-order valence-electron chi connectivity index (χ0n) is 18.1. The number of aromatic nitrogens is 2. The molecule has 0 unspecified atom stereocenters. The van der Waals surface area contributed by atoms with E-state index >= 15 is 0 Å². The highest BCUT2D eigenvalue weighted by atomic mass is 16.1. The van der Waals surface area contributed by atoms with E-state index in [-0.39, 0.29) is 5.78 Å². The first-order valence-corrected chi connectivity index (χ1v) is 10.9. The van der Waals surface area contributed by atoms with Crippen molar-refractivity contribution in [3.8, 4) is 0 Å². The minimum atomic E-state index is 0.0297. The predicted octanol–water partition coefficient (Wildman–Crippen LogP) is 3.64. The van der Waals surface area contributed by atoms with Crippen LogP contribution in [0.4, 0.5) is 5.69 Å². The van der Waals surface area contributed by atoms with Crippen molar-refractivity contribution < 1.29 is 4.79 Å². The van der Waals surface area contributed by atoms with Crippen molar-refractivity contribution in [1.29, 1.82) is 0 Å². The number of fused-ring (bicyclic) bond motifs is 1. The Balaban J connectivity index is 1.64. The molecule has 0 aliphatic carbocycles. The van der Waals surface area contributed by atoms with Gasteiger partial charge < -0.3 is 15.6 Å². The van der Waals surface area contributed by atoms with Gasteiger partial charge in [-0.2, -0.15) is 9.89 Å². The van der Waals surface area contributed by atoms with Gasteiger partial charge in [0, 0.05) is 41.2 Å². The first kappa shape index (κ1) is 20.4. The Morgan fingerprint density at radius 3 is 2.33 bits per heavy atom. The number of nitrogens with two attached hydrogens (primary N) is 1. The monoisotopic (exact) mass is 405 g/mol. The van der Waals surface area contributed by atoms with E-state index < -0.39 is 0 Å². The van der Waals surface area contributed by atoms with E-state index in [1.165, 1.54) is 4.79 Å². The molecule has 158 valence electrons. The summed E-state index contributed by atoms with van der Waals surface area (Å²) in [5.41, 5.74) is 4.41. The van der Waals surface area contributed by atoms with Crippen LogP contribution < -0.4 is 10.7 Å². The van der Waals surface area contributed by atoms with E-state index in [1.807, 2.05) is 42.5 Å². The Morgan fingerprint density at radius 1 is 1.07 bits per heavy atom. The molecule has 0 saturated carbocycles. The highest BCUT2D eigenvalue weighted by Crippen LogP contribution is 2.32. The molecule has 1 saturated heterocycles. The molecule has 3 aromatic rings. The van der Waals surface area contributed by atoms with Crippen LogP contribution in [0.1, 0.15) is 54.2 Å². The van der Waals surface area contributed by atoms with Gasteiger partial charge in [-0.3, -0.25) is 4.79 Å². The fourth-order valence-electron chi connectivity index (χ4n) is 4.47. The maximum absolute atomic E-state index is 13.2. The number of likely N-dealkylation sites (tertiary alicyclic amines) is 1. The molecule has 0 spiro atoms. The highest BCUT2D eigenvalue weighted by Gasteiger charge is 2.24. The molecular formula is C24H31N5O. The third kappa shape index (κ3) is 3.79. The quantitative estimate of drug-likeness (QED) is 0.501. The van der Waals surface area contributed by atoms with Crippen LogP contribution in [0.5, 0.6) is 0 Å². The molecule has 1 fully saturated rings. The molecule has 0 amide bonds. The molecule has 0 bridgehead atoms. The number of nitrogens with zero attached hydrogens (tertiary/aromatic N) is 4. The summed E-state index contributed by atoms with van der Waals surface area (Å²) in [6.07, 6.45) is 2.13. The SMILES string of the molecule is CCN(CC)c1ccc(C(=O)c2ccc3c(c2)c(C2CCN(C)CC2)nn3N)cc1. The van der Waals surface area contributed by atoms with Gasteiger partial charge >= 0.3 is 0 Å². The van der Waals surface area contributed by atoms with Crippen molar-refractivity contribution in [2.24, 2.45) is 0 Å². The van der Waals surface area contributed by atoms with Gasteiger partial charge in [-0.15, -0.1) is 0 Å². The second-order valence-corrected chi connectivity index (χ2v) is 8.19. The summed E-state index contributed by atoms with van der Waals surface area (Å²) in [7, 11) is 2.15. The van der Waals surface area contributed by atoms with E-state index in [1.54, 1.807) is 0 Å². The van der Waals surface area contributed by atoms with Crippen molar-refractivity contribution in [2.45, 2.75) is 32.6 Å². The van der Waals surface area contributed by atoms with Gasteiger partial charge in [0.1, 0.15) is 0 Å².